The summed E-state index contributed by atoms with van der Waals surface area (Å²) in [5, 5.41) is 10.2. The van der Waals surface area contributed by atoms with E-state index in [1.165, 1.54) is 23.7 Å². The molecule has 0 saturated carbocycles. The van der Waals surface area contributed by atoms with Crippen molar-refractivity contribution < 1.29 is 17.9 Å². The Balaban J connectivity index is 1.37. The molecular weight excluding hydrogens is 626 g/mol. The van der Waals surface area contributed by atoms with Crippen LogP contribution in [0.2, 0.25) is 5.15 Å². The molecule has 0 aliphatic carbocycles. The lowest BCUT2D eigenvalue weighted by molar-refractivity contribution is 0.157. The molecule has 2 saturated heterocycles. The summed E-state index contributed by atoms with van der Waals surface area (Å²) in [5.41, 5.74) is 2.40. The van der Waals surface area contributed by atoms with Gasteiger partial charge in [0.2, 0.25) is 5.88 Å². The van der Waals surface area contributed by atoms with Crippen LogP contribution in [-0.4, -0.2) is 74.7 Å². The van der Waals surface area contributed by atoms with Crippen molar-refractivity contribution in [3.63, 3.8) is 0 Å². The molecule has 1 aromatic carbocycles. The molecular formula is C33H32ClN7O4S. The van der Waals surface area contributed by atoms with Gasteiger partial charge in [-0.05, 0) is 73.4 Å². The van der Waals surface area contributed by atoms with E-state index in [2.05, 4.69) is 30.8 Å². The van der Waals surface area contributed by atoms with Gasteiger partial charge in [-0.2, -0.15) is 13.7 Å². The lowest BCUT2D eigenvalue weighted by Crippen LogP contribution is -2.51. The van der Waals surface area contributed by atoms with Crippen molar-refractivity contribution in [1.29, 1.82) is 5.26 Å². The largest absolute Gasteiger partial charge is 0.495 e. The zero-order valence-electron chi connectivity index (χ0n) is 25.4. The highest BCUT2D eigenvalue weighted by Crippen LogP contribution is 2.54. The minimum Gasteiger partial charge on any atom is -0.495 e. The van der Waals surface area contributed by atoms with Crippen LogP contribution in [0.3, 0.4) is 0 Å². The van der Waals surface area contributed by atoms with Crippen molar-refractivity contribution in [2.24, 2.45) is 11.8 Å². The van der Waals surface area contributed by atoms with Crippen LogP contribution in [0.15, 0.2) is 78.2 Å². The summed E-state index contributed by atoms with van der Waals surface area (Å²) in [7, 11) is -2.65. The van der Waals surface area contributed by atoms with Crippen LogP contribution in [0.4, 0.5) is 11.4 Å². The molecule has 3 aromatic heterocycles. The van der Waals surface area contributed by atoms with Crippen LogP contribution in [0.5, 0.6) is 11.6 Å². The number of hydrogen-bond acceptors (Lipinski definition) is 10. The smallest absolute Gasteiger partial charge is 0.281 e. The fraction of sp³-hybridized carbons (Fsp3) is 0.333. The Morgan fingerprint density at radius 1 is 1.02 bits per heavy atom. The second kappa shape index (κ2) is 11.7. The topological polar surface area (TPSA) is 125 Å². The number of methoxy groups -OCH3 is 1. The van der Waals surface area contributed by atoms with Crippen LogP contribution < -0.4 is 18.7 Å². The van der Waals surface area contributed by atoms with Gasteiger partial charge >= 0.3 is 0 Å². The third kappa shape index (κ3) is 4.90. The molecule has 4 aromatic rings. The Morgan fingerprint density at radius 3 is 2.43 bits per heavy atom. The number of likely N-dealkylation sites (tertiary alicyclic amines) is 1. The Labute approximate surface area is 273 Å². The number of sulfonamides is 1. The Morgan fingerprint density at radius 2 is 1.78 bits per heavy atom. The van der Waals surface area contributed by atoms with Crippen LogP contribution >= 0.6 is 11.6 Å². The van der Waals surface area contributed by atoms with Gasteiger partial charge in [0, 0.05) is 55.4 Å². The first-order valence-corrected chi connectivity index (χ1v) is 16.9. The van der Waals surface area contributed by atoms with Crippen molar-refractivity contribution in [2.75, 3.05) is 55.6 Å². The van der Waals surface area contributed by atoms with E-state index in [4.69, 9.17) is 21.1 Å². The summed E-state index contributed by atoms with van der Waals surface area (Å²) in [6.45, 7) is 5.37. The number of fused-ring (bicyclic) bond motifs is 2. The SMILES string of the molecule is CCOc1nc(Cl)ccc1C1(N2CC3CN(c4ccncc4)CC3C2)CN(S(=O)(=O)c2ccc(OC)cn2)c2ccc(C#N)cc21. The standard InChI is InChI=1S/C33H32ClN7O4S/c1-3-45-32-27(6-8-30(34)38-32)33(40-19-23-17-39(18-24(23)20-40)25-10-12-36-13-11-25)21-41(29-7-4-22(15-35)14-28(29)33)46(42,43)31-9-5-26(44-2)16-37-31/h4-14,16,23-24H,3,17-21H2,1-2H3. The summed E-state index contributed by atoms with van der Waals surface area (Å²) in [4.78, 5) is 17.7. The number of anilines is 2. The summed E-state index contributed by atoms with van der Waals surface area (Å²) >= 11 is 6.39. The number of ether oxygens (including phenoxy) is 2. The maximum absolute atomic E-state index is 14.4. The highest BCUT2D eigenvalue weighted by molar-refractivity contribution is 7.92. The van der Waals surface area contributed by atoms with Crippen molar-refractivity contribution in [3.8, 4) is 17.7 Å². The number of nitrogens with zero attached hydrogens (tertiary/aromatic N) is 7. The fourth-order valence-corrected chi connectivity index (χ4v) is 8.79. The summed E-state index contributed by atoms with van der Waals surface area (Å²) in [5.74, 6) is 1.45. The lowest BCUT2D eigenvalue weighted by Gasteiger charge is -2.41. The second-order valence-electron chi connectivity index (χ2n) is 11.7. The molecule has 7 rings (SSSR count). The van der Waals surface area contributed by atoms with Crippen LogP contribution in [0, 0.1) is 23.2 Å². The second-order valence-corrected chi connectivity index (χ2v) is 13.9. The van der Waals surface area contributed by atoms with E-state index in [9.17, 15) is 13.7 Å². The number of rotatable bonds is 8. The van der Waals surface area contributed by atoms with Crippen molar-refractivity contribution in [2.45, 2.75) is 17.5 Å². The molecule has 0 spiro atoms. The number of nitriles is 1. The maximum Gasteiger partial charge on any atom is 0.281 e. The summed E-state index contributed by atoms with van der Waals surface area (Å²) < 4.78 is 41.5. The minimum atomic E-state index is -4.15. The van der Waals surface area contributed by atoms with E-state index >= 15 is 0 Å². The molecule has 236 valence electrons. The minimum absolute atomic E-state index is 0.0319. The highest BCUT2D eigenvalue weighted by Gasteiger charge is 2.57. The first-order valence-electron chi connectivity index (χ1n) is 15.1. The van der Waals surface area contributed by atoms with Gasteiger partial charge in [-0.25, -0.2) is 9.97 Å². The Bertz CT molecular complexity index is 1910. The van der Waals surface area contributed by atoms with Crippen molar-refractivity contribution in [3.05, 3.63) is 95.0 Å². The van der Waals surface area contributed by atoms with Gasteiger partial charge in [0.05, 0.1) is 49.3 Å². The molecule has 3 atom stereocenters. The van der Waals surface area contributed by atoms with Gasteiger partial charge < -0.3 is 14.4 Å². The molecule has 2 fully saturated rings. The molecule has 6 heterocycles. The number of halogens is 1. The number of hydrogen-bond donors (Lipinski definition) is 0. The van der Waals surface area contributed by atoms with E-state index in [1.54, 1.807) is 30.3 Å². The molecule has 3 unspecified atom stereocenters. The van der Waals surface area contributed by atoms with Crippen LogP contribution in [0.25, 0.3) is 0 Å². The van der Waals surface area contributed by atoms with Gasteiger partial charge in [-0.15, -0.1) is 0 Å². The number of benzene rings is 1. The molecule has 3 aliphatic rings. The van der Waals surface area contributed by atoms with Crippen molar-refractivity contribution in [1.82, 2.24) is 19.9 Å². The van der Waals surface area contributed by atoms with Crippen molar-refractivity contribution >= 4 is 33.0 Å². The third-order valence-corrected chi connectivity index (χ3v) is 11.2. The predicted molar refractivity (Wildman–Crippen MR) is 173 cm³/mol. The number of pyridine rings is 3. The lowest BCUT2D eigenvalue weighted by atomic mass is 9.82. The first kappa shape index (κ1) is 30.2. The normalized spacial score (nSPS) is 22.4. The summed E-state index contributed by atoms with van der Waals surface area (Å²) in [6.07, 6.45) is 5.01. The molecule has 11 nitrogen and oxygen atoms in total. The van der Waals surface area contributed by atoms with E-state index in [-0.39, 0.29) is 16.7 Å². The fourth-order valence-electron chi connectivity index (χ4n) is 7.22. The Hall–Kier alpha value is -4.44. The van der Waals surface area contributed by atoms with Gasteiger partial charge in [0.15, 0.2) is 5.03 Å². The molecule has 0 radical (unpaired) electrons. The third-order valence-electron chi connectivity index (χ3n) is 9.32. The highest BCUT2D eigenvalue weighted by atomic mass is 35.5. The van der Waals surface area contributed by atoms with E-state index in [0.717, 1.165) is 18.8 Å². The molecule has 3 aliphatic heterocycles. The van der Waals surface area contributed by atoms with Crippen LogP contribution in [0.1, 0.15) is 23.6 Å². The zero-order chi connectivity index (χ0) is 32.1. The first-order chi connectivity index (χ1) is 22.3. The number of aromatic nitrogens is 3. The summed E-state index contributed by atoms with van der Waals surface area (Å²) in [6, 6.07) is 18.1. The van der Waals surface area contributed by atoms with Gasteiger partial charge in [-0.3, -0.25) is 14.2 Å². The predicted octanol–water partition coefficient (Wildman–Crippen LogP) is 4.32. The molecule has 0 N–H and O–H groups in total. The quantitative estimate of drug-likeness (QED) is 0.253. The Kier molecular flexibility index (Phi) is 7.71. The molecule has 46 heavy (non-hydrogen) atoms. The van der Waals surface area contributed by atoms with Gasteiger partial charge in [-0.1, -0.05) is 11.6 Å². The maximum atomic E-state index is 14.4. The monoisotopic (exact) mass is 657 g/mol. The zero-order valence-corrected chi connectivity index (χ0v) is 26.9. The molecule has 0 bridgehead atoms. The van der Waals surface area contributed by atoms with Gasteiger partial charge in [0.25, 0.3) is 10.0 Å². The van der Waals surface area contributed by atoms with E-state index in [0.29, 0.717) is 65.5 Å². The van der Waals surface area contributed by atoms with E-state index in [1.807, 2.05) is 37.5 Å². The molecule has 13 heteroatoms. The average Bonchev–Trinajstić information content (AvgIpc) is 3.77. The van der Waals surface area contributed by atoms with Gasteiger partial charge in [0.1, 0.15) is 10.9 Å². The van der Waals surface area contributed by atoms with Crippen LogP contribution in [-0.2, 0) is 15.6 Å². The molecule has 0 amide bonds. The van der Waals surface area contributed by atoms with E-state index < -0.39 is 15.6 Å². The average molecular weight is 658 g/mol.